The summed E-state index contributed by atoms with van der Waals surface area (Å²) in [6.07, 6.45) is 5.70. The molecule has 0 radical (unpaired) electrons. The van der Waals surface area contributed by atoms with Crippen molar-refractivity contribution >= 4 is 40.6 Å². The van der Waals surface area contributed by atoms with E-state index < -0.39 is 6.04 Å². The van der Waals surface area contributed by atoms with Crippen molar-refractivity contribution < 1.29 is 9.59 Å². The quantitative estimate of drug-likeness (QED) is 0.307. The lowest BCUT2D eigenvalue weighted by Gasteiger charge is -2.32. The summed E-state index contributed by atoms with van der Waals surface area (Å²) in [6, 6.07) is 15.7. The van der Waals surface area contributed by atoms with E-state index in [1.807, 2.05) is 23.1 Å². The number of benzene rings is 2. The number of Topliss-reactive ketones (excluding diaryl/α,β-unsaturated/α-hetero) is 1. The second kappa shape index (κ2) is 13.4. The van der Waals surface area contributed by atoms with Crippen LogP contribution in [0.4, 0.5) is 0 Å². The highest BCUT2D eigenvalue weighted by molar-refractivity contribution is 6.42. The molecule has 2 fully saturated rings. The molecule has 2 saturated heterocycles. The number of hydrogen-bond donors (Lipinski definition) is 0. The molecule has 0 aromatic heterocycles. The summed E-state index contributed by atoms with van der Waals surface area (Å²) in [7, 11) is 0. The Balaban J connectivity index is 1.33. The van der Waals surface area contributed by atoms with Gasteiger partial charge >= 0.3 is 0 Å². The maximum atomic E-state index is 14.1. The fourth-order valence-corrected chi connectivity index (χ4v) is 6.69. The second-order valence-electron chi connectivity index (χ2n) is 11.4. The standard InChI is InChI=1S/C31H37Cl2N5O2/c1-21-17-29-31(40)37(16-15-25(38(29)20-21)11-7-22-5-3-2-4-6-22)28(13-10-24-19-34-36-35-24)30(39)14-9-23-8-12-26(32)27(33)18-23/h2-6,8,12,18,21,25,28-29H,7,9-11,13-17,19-20H2,1H3/t21-,25?,28-,29+/m1/s1. The molecule has 40 heavy (non-hydrogen) atoms. The van der Waals surface area contributed by atoms with Crippen LogP contribution in [-0.2, 0) is 22.4 Å². The van der Waals surface area contributed by atoms with Gasteiger partial charge in [-0.1, -0.05) is 66.5 Å². The molecule has 212 valence electrons. The molecule has 3 heterocycles. The van der Waals surface area contributed by atoms with E-state index in [0.717, 1.165) is 43.5 Å². The van der Waals surface area contributed by atoms with E-state index >= 15 is 0 Å². The molecule has 2 aromatic rings. The number of nitrogens with zero attached hydrogens (tertiary/aromatic N) is 5. The number of carbonyl (C=O) groups excluding carboxylic acids is 2. The summed E-state index contributed by atoms with van der Waals surface area (Å²) in [4.78, 5) is 32.3. The topological polar surface area (TPSA) is 77.7 Å². The Morgan fingerprint density at radius 3 is 2.62 bits per heavy atom. The Morgan fingerprint density at radius 2 is 1.88 bits per heavy atom. The van der Waals surface area contributed by atoms with Crippen LogP contribution in [0.15, 0.2) is 64.0 Å². The van der Waals surface area contributed by atoms with Crippen LogP contribution in [0.1, 0.15) is 56.6 Å². The molecule has 4 atom stereocenters. The lowest BCUT2D eigenvalue weighted by atomic mass is 9.96. The zero-order valence-corrected chi connectivity index (χ0v) is 24.5. The minimum Gasteiger partial charge on any atom is -0.331 e. The Kier molecular flexibility index (Phi) is 9.66. The highest BCUT2D eigenvalue weighted by Crippen LogP contribution is 2.33. The number of carbonyl (C=O) groups is 2. The third kappa shape index (κ3) is 6.99. The molecule has 0 aliphatic carbocycles. The van der Waals surface area contributed by atoms with Crippen molar-refractivity contribution in [2.75, 3.05) is 19.6 Å². The van der Waals surface area contributed by atoms with Crippen LogP contribution < -0.4 is 0 Å². The fourth-order valence-electron chi connectivity index (χ4n) is 6.37. The smallest absolute Gasteiger partial charge is 0.240 e. The van der Waals surface area contributed by atoms with Crippen LogP contribution in [0.3, 0.4) is 0 Å². The zero-order valence-electron chi connectivity index (χ0n) is 23.0. The Hall–Kier alpha value is -2.61. The van der Waals surface area contributed by atoms with Crippen molar-refractivity contribution in [3.63, 3.8) is 0 Å². The molecule has 7 nitrogen and oxygen atoms in total. The molecular formula is C31H37Cl2N5O2. The Morgan fingerprint density at radius 1 is 1.05 bits per heavy atom. The van der Waals surface area contributed by atoms with Crippen LogP contribution in [0, 0.1) is 5.92 Å². The molecule has 0 spiro atoms. The van der Waals surface area contributed by atoms with Gasteiger partial charge in [0.15, 0.2) is 5.78 Å². The molecule has 2 aromatic carbocycles. The van der Waals surface area contributed by atoms with Gasteiger partial charge in [-0.3, -0.25) is 14.5 Å². The van der Waals surface area contributed by atoms with Crippen LogP contribution >= 0.6 is 23.2 Å². The van der Waals surface area contributed by atoms with Crippen molar-refractivity contribution in [3.05, 3.63) is 69.7 Å². The van der Waals surface area contributed by atoms with Gasteiger partial charge in [-0.25, -0.2) is 0 Å². The van der Waals surface area contributed by atoms with Gasteiger partial charge in [0.1, 0.15) is 6.54 Å². The number of ketones is 1. The molecule has 0 saturated carbocycles. The van der Waals surface area contributed by atoms with Gasteiger partial charge in [-0.05, 0) is 79.3 Å². The van der Waals surface area contributed by atoms with E-state index in [0.29, 0.717) is 60.8 Å². The molecule has 1 unspecified atom stereocenters. The second-order valence-corrected chi connectivity index (χ2v) is 12.2. The minimum atomic E-state index is -0.496. The largest absolute Gasteiger partial charge is 0.331 e. The van der Waals surface area contributed by atoms with Gasteiger partial charge in [0, 0.05) is 25.6 Å². The molecule has 3 aliphatic rings. The van der Waals surface area contributed by atoms with Gasteiger partial charge in [0.05, 0.1) is 27.8 Å². The minimum absolute atomic E-state index is 0.0761. The van der Waals surface area contributed by atoms with Crippen LogP contribution in [0.2, 0.25) is 10.0 Å². The Bertz CT molecular complexity index is 1270. The third-order valence-corrected chi connectivity index (χ3v) is 9.24. The predicted molar refractivity (Wildman–Crippen MR) is 159 cm³/mol. The van der Waals surface area contributed by atoms with E-state index in [4.69, 9.17) is 23.2 Å². The normalized spacial score (nSPS) is 23.7. The molecular weight excluding hydrogens is 545 g/mol. The number of halogens is 2. The summed E-state index contributed by atoms with van der Waals surface area (Å²) in [5, 5.41) is 12.8. The number of hydrogen-bond acceptors (Lipinski definition) is 6. The maximum Gasteiger partial charge on any atom is 0.240 e. The molecule has 1 amide bonds. The van der Waals surface area contributed by atoms with Crippen molar-refractivity contribution in [1.82, 2.24) is 9.80 Å². The lowest BCUT2D eigenvalue weighted by Crippen LogP contribution is -2.50. The molecule has 9 heteroatoms. The van der Waals surface area contributed by atoms with Crippen LogP contribution in [-0.4, -0.2) is 65.0 Å². The maximum absolute atomic E-state index is 14.1. The lowest BCUT2D eigenvalue weighted by molar-refractivity contribution is -0.142. The van der Waals surface area contributed by atoms with Crippen molar-refractivity contribution in [2.45, 2.75) is 76.4 Å². The van der Waals surface area contributed by atoms with Gasteiger partial charge in [0.25, 0.3) is 0 Å². The number of fused-ring (bicyclic) bond motifs is 1. The van der Waals surface area contributed by atoms with Crippen LogP contribution in [0.5, 0.6) is 0 Å². The van der Waals surface area contributed by atoms with E-state index in [1.54, 1.807) is 6.07 Å². The van der Waals surface area contributed by atoms with Gasteiger partial charge in [-0.2, -0.15) is 5.11 Å². The van der Waals surface area contributed by atoms with Crippen molar-refractivity contribution in [2.24, 2.45) is 21.4 Å². The van der Waals surface area contributed by atoms with E-state index in [9.17, 15) is 9.59 Å². The zero-order chi connectivity index (χ0) is 28.1. The summed E-state index contributed by atoms with van der Waals surface area (Å²) in [6.45, 7) is 4.21. The van der Waals surface area contributed by atoms with E-state index in [1.165, 1.54) is 5.56 Å². The van der Waals surface area contributed by atoms with E-state index in [2.05, 4.69) is 51.5 Å². The van der Waals surface area contributed by atoms with Crippen LogP contribution in [0.25, 0.3) is 0 Å². The fraction of sp³-hybridized carbons (Fsp3) is 0.516. The van der Waals surface area contributed by atoms with Crippen molar-refractivity contribution in [3.8, 4) is 0 Å². The SMILES string of the molecule is C[C@@H]1C[C@H]2C(=O)N([C@H](CCC3=NN=NC3)C(=O)CCc3ccc(Cl)c(Cl)c3)CCC(CCc3ccccc3)N2C1. The molecule has 5 rings (SSSR count). The van der Waals surface area contributed by atoms with Gasteiger partial charge in [0.2, 0.25) is 5.91 Å². The Labute approximate surface area is 246 Å². The predicted octanol–water partition coefficient (Wildman–Crippen LogP) is 6.41. The first-order chi connectivity index (χ1) is 19.4. The monoisotopic (exact) mass is 581 g/mol. The average Bonchev–Trinajstić information content (AvgIpc) is 3.60. The molecule has 0 bridgehead atoms. The summed E-state index contributed by atoms with van der Waals surface area (Å²) in [5.41, 5.74) is 3.14. The summed E-state index contributed by atoms with van der Waals surface area (Å²) in [5.74, 6) is 0.627. The summed E-state index contributed by atoms with van der Waals surface area (Å²) < 4.78 is 0. The summed E-state index contributed by atoms with van der Waals surface area (Å²) >= 11 is 12.3. The van der Waals surface area contributed by atoms with Gasteiger partial charge < -0.3 is 4.90 Å². The highest BCUT2D eigenvalue weighted by Gasteiger charge is 2.45. The van der Waals surface area contributed by atoms with E-state index in [-0.39, 0.29) is 17.7 Å². The first kappa shape index (κ1) is 28.9. The van der Waals surface area contributed by atoms with Gasteiger partial charge in [-0.15, -0.1) is 5.10 Å². The van der Waals surface area contributed by atoms with Crippen molar-refractivity contribution in [1.29, 1.82) is 0 Å². The number of rotatable bonds is 11. The number of aryl methyl sites for hydroxylation is 2. The molecule has 0 N–H and O–H groups in total. The average molecular weight is 583 g/mol. The third-order valence-electron chi connectivity index (χ3n) is 8.50. The molecule has 3 aliphatic heterocycles. The first-order valence-corrected chi connectivity index (χ1v) is 15.1. The number of amides is 1. The first-order valence-electron chi connectivity index (χ1n) is 14.4. The highest BCUT2D eigenvalue weighted by atomic mass is 35.5.